The summed E-state index contributed by atoms with van der Waals surface area (Å²) in [6.45, 7) is 4.69. The van der Waals surface area contributed by atoms with Crippen molar-refractivity contribution in [2.75, 3.05) is 27.8 Å². The van der Waals surface area contributed by atoms with Crippen molar-refractivity contribution in [1.29, 1.82) is 0 Å². The summed E-state index contributed by atoms with van der Waals surface area (Å²) in [7, 11) is 3.20. The molecule has 0 bridgehead atoms. The fourth-order valence-corrected chi connectivity index (χ4v) is 2.09. The molecule has 4 nitrogen and oxygen atoms in total. The molecular formula is C16H23BrO4. The molecule has 21 heavy (non-hydrogen) atoms. The normalized spacial score (nSPS) is 11.6. The molecule has 0 atom stereocenters. The van der Waals surface area contributed by atoms with E-state index in [1.54, 1.807) is 14.2 Å². The first-order chi connectivity index (χ1) is 10.1. The summed E-state index contributed by atoms with van der Waals surface area (Å²) in [5.41, 5.74) is 2.39. The van der Waals surface area contributed by atoms with Crippen molar-refractivity contribution < 1.29 is 18.9 Å². The molecule has 0 saturated carbocycles. The number of methoxy groups -OCH3 is 2. The van der Waals surface area contributed by atoms with E-state index in [0.717, 1.165) is 34.4 Å². The molecule has 0 heterocycles. The predicted octanol–water partition coefficient (Wildman–Crippen LogP) is 4.31. The standard InChI is InChI=1S/C16H23BrO4/c1-5-12(2)6-7-13-8-16(21-11-19-4)14(17)9-15(13)20-10-18-3/h6,8-9H,5,7,10-11H2,1-4H3/b12-6+. The van der Waals surface area contributed by atoms with Gasteiger partial charge in [0.1, 0.15) is 11.5 Å². The largest absolute Gasteiger partial charge is 0.467 e. The highest BCUT2D eigenvalue weighted by molar-refractivity contribution is 9.10. The lowest BCUT2D eigenvalue weighted by Crippen LogP contribution is -2.04. The molecule has 118 valence electrons. The number of halogens is 1. The Morgan fingerprint density at radius 3 is 2.29 bits per heavy atom. The lowest BCUT2D eigenvalue weighted by atomic mass is 10.1. The van der Waals surface area contributed by atoms with Crippen molar-refractivity contribution in [1.82, 2.24) is 0 Å². The van der Waals surface area contributed by atoms with E-state index in [0.29, 0.717) is 0 Å². The quantitative estimate of drug-likeness (QED) is 0.486. The van der Waals surface area contributed by atoms with E-state index in [4.69, 9.17) is 18.9 Å². The number of ether oxygens (including phenoxy) is 4. The van der Waals surface area contributed by atoms with E-state index in [1.807, 2.05) is 12.1 Å². The minimum Gasteiger partial charge on any atom is -0.467 e. The van der Waals surface area contributed by atoms with E-state index < -0.39 is 0 Å². The van der Waals surface area contributed by atoms with Gasteiger partial charge in [0.25, 0.3) is 0 Å². The SMILES string of the molecule is CC/C(C)=C/Cc1cc(OCOC)c(Br)cc1OCOC. The van der Waals surface area contributed by atoms with Gasteiger partial charge in [-0.3, -0.25) is 0 Å². The smallest absolute Gasteiger partial charge is 0.188 e. The van der Waals surface area contributed by atoms with Crippen LogP contribution in [0.4, 0.5) is 0 Å². The van der Waals surface area contributed by atoms with E-state index in [2.05, 4.69) is 35.9 Å². The molecule has 1 aromatic carbocycles. The fourth-order valence-electron chi connectivity index (χ4n) is 1.66. The molecule has 0 unspecified atom stereocenters. The van der Waals surface area contributed by atoms with E-state index in [1.165, 1.54) is 5.57 Å². The molecule has 1 aromatic rings. The van der Waals surface area contributed by atoms with E-state index >= 15 is 0 Å². The Labute approximate surface area is 135 Å². The Morgan fingerprint density at radius 1 is 1.10 bits per heavy atom. The Kier molecular flexibility index (Phi) is 8.42. The van der Waals surface area contributed by atoms with Crippen molar-refractivity contribution in [2.45, 2.75) is 26.7 Å². The summed E-state index contributed by atoms with van der Waals surface area (Å²) in [6, 6.07) is 3.86. The number of rotatable bonds is 9. The third-order valence-corrected chi connectivity index (χ3v) is 3.63. The summed E-state index contributed by atoms with van der Waals surface area (Å²) in [4.78, 5) is 0. The lowest BCUT2D eigenvalue weighted by molar-refractivity contribution is 0.0474. The molecule has 5 heteroatoms. The summed E-state index contributed by atoms with van der Waals surface area (Å²) >= 11 is 3.48. The average molecular weight is 359 g/mol. The maximum atomic E-state index is 5.62. The number of benzene rings is 1. The Bertz CT molecular complexity index is 472. The predicted molar refractivity (Wildman–Crippen MR) is 86.9 cm³/mol. The van der Waals surface area contributed by atoms with Crippen LogP contribution < -0.4 is 9.47 Å². The zero-order chi connectivity index (χ0) is 15.7. The zero-order valence-electron chi connectivity index (χ0n) is 13.1. The second-order valence-corrected chi connectivity index (χ2v) is 5.45. The number of hydrogen-bond donors (Lipinski definition) is 0. The maximum Gasteiger partial charge on any atom is 0.188 e. The van der Waals surface area contributed by atoms with Gasteiger partial charge in [-0.1, -0.05) is 18.6 Å². The first-order valence-electron chi connectivity index (χ1n) is 6.83. The van der Waals surface area contributed by atoms with Crippen LogP contribution in [0.25, 0.3) is 0 Å². The van der Waals surface area contributed by atoms with Crippen molar-refractivity contribution in [3.8, 4) is 11.5 Å². The van der Waals surface area contributed by atoms with E-state index in [-0.39, 0.29) is 13.6 Å². The highest BCUT2D eigenvalue weighted by Gasteiger charge is 2.10. The molecule has 0 amide bonds. The zero-order valence-corrected chi connectivity index (χ0v) is 14.7. The molecule has 0 spiro atoms. The first kappa shape index (κ1) is 18.0. The Morgan fingerprint density at radius 2 is 1.71 bits per heavy atom. The van der Waals surface area contributed by atoms with Gasteiger partial charge in [-0.05, 0) is 47.8 Å². The molecule has 0 aliphatic heterocycles. The maximum absolute atomic E-state index is 5.62. The molecule has 0 aliphatic rings. The summed E-state index contributed by atoms with van der Waals surface area (Å²) in [6.07, 6.45) is 4.02. The molecule has 0 aromatic heterocycles. The van der Waals surface area contributed by atoms with Crippen LogP contribution in [0.15, 0.2) is 28.3 Å². The van der Waals surface area contributed by atoms with Crippen LogP contribution in [0.1, 0.15) is 25.8 Å². The third-order valence-electron chi connectivity index (χ3n) is 3.01. The van der Waals surface area contributed by atoms with Gasteiger partial charge >= 0.3 is 0 Å². The highest BCUT2D eigenvalue weighted by atomic mass is 79.9. The van der Waals surface area contributed by atoms with Crippen molar-refractivity contribution in [2.24, 2.45) is 0 Å². The monoisotopic (exact) mass is 358 g/mol. The molecule has 1 rings (SSSR count). The third kappa shape index (κ3) is 6.08. The number of hydrogen-bond acceptors (Lipinski definition) is 4. The summed E-state index contributed by atoms with van der Waals surface area (Å²) in [5.74, 6) is 1.52. The molecule has 0 N–H and O–H groups in total. The topological polar surface area (TPSA) is 36.9 Å². The van der Waals surface area contributed by atoms with Crippen LogP contribution in [0.2, 0.25) is 0 Å². The Hall–Kier alpha value is -1.04. The summed E-state index contributed by atoms with van der Waals surface area (Å²) < 4.78 is 21.9. The van der Waals surface area contributed by atoms with Crippen LogP contribution in [0, 0.1) is 0 Å². The molecule has 0 aliphatic carbocycles. The number of allylic oxidation sites excluding steroid dienone is 2. The van der Waals surface area contributed by atoms with Gasteiger partial charge in [-0.2, -0.15) is 0 Å². The van der Waals surface area contributed by atoms with Gasteiger partial charge in [-0.15, -0.1) is 0 Å². The van der Waals surface area contributed by atoms with Gasteiger partial charge in [0.05, 0.1) is 4.47 Å². The van der Waals surface area contributed by atoms with Gasteiger partial charge < -0.3 is 18.9 Å². The van der Waals surface area contributed by atoms with Crippen LogP contribution in [-0.2, 0) is 15.9 Å². The van der Waals surface area contributed by atoms with Gasteiger partial charge in [0.2, 0.25) is 0 Å². The highest BCUT2D eigenvalue weighted by Crippen LogP contribution is 2.33. The minimum atomic E-state index is 0.208. The van der Waals surface area contributed by atoms with Crippen LogP contribution in [0.3, 0.4) is 0 Å². The summed E-state index contributed by atoms with van der Waals surface area (Å²) in [5, 5.41) is 0. The lowest BCUT2D eigenvalue weighted by Gasteiger charge is -2.14. The average Bonchev–Trinajstić information content (AvgIpc) is 2.50. The molecule has 0 fully saturated rings. The molecule has 0 saturated heterocycles. The second-order valence-electron chi connectivity index (χ2n) is 4.60. The second kappa shape index (κ2) is 9.82. The van der Waals surface area contributed by atoms with Gasteiger partial charge in [0, 0.05) is 19.8 Å². The van der Waals surface area contributed by atoms with Crippen molar-refractivity contribution >= 4 is 15.9 Å². The van der Waals surface area contributed by atoms with Crippen LogP contribution in [-0.4, -0.2) is 27.8 Å². The van der Waals surface area contributed by atoms with Crippen LogP contribution >= 0.6 is 15.9 Å². The molecule has 0 radical (unpaired) electrons. The fraction of sp³-hybridized carbons (Fsp3) is 0.500. The first-order valence-corrected chi connectivity index (χ1v) is 7.63. The van der Waals surface area contributed by atoms with Crippen molar-refractivity contribution in [3.05, 3.63) is 33.8 Å². The Balaban J connectivity index is 3.01. The van der Waals surface area contributed by atoms with Crippen LogP contribution in [0.5, 0.6) is 11.5 Å². The van der Waals surface area contributed by atoms with Gasteiger partial charge in [-0.25, -0.2) is 0 Å². The molecular weight excluding hydrogens is 336 g/mol. The minimum absolute atomic E-state index is 0.208. The van der Waals surface area contributed by atoms with Crippen molar-refractivity contribution in [3.63, 3.8) is 0 Å². The van der Waals surface area contributed by atoms with E-state index in [9.17, 15) is 0 Å². The van der Waals surface area contributed by atoms with Gasteiger partial charge in [0.15, 0.2) is 13.6 Å².